The lowest BCUT2D eigenvalue weighted by Crippen LogP contribution is -2.51. The van der Waals surface area contributed by atoms with Gasteiger partial charge in [0.1, 0.15) is 0 Å². The summed E-state index contributed by atoms with van der Waals surface area (Å²) in [6.07, 6.45) is 3.40. The van der Waals surface area contributed by atoms with E-state index in [0.717, 1.165) is 52.0 Å². The summed E-state index contributed by atoms with van der Waals surface area (Å²) >= 11 is 0. The Bertz CT molecular complexity index is 267. The van der Waals surface area contributed by atoms with Crippen molar-refractivity contribution in [2.75, 3.05) is 32.8 Å². The van der Waals surface area contributed by atoms with Crippen LogP contribution in [0.2, 0.25) is 0 Å². The second kappa shape index (κ2) is 5.36. The molecule has 0 aromatic heterocycles. The van der Waals surface area contributed by atoms with Gasteiger partial charge in [0.2, 0.25) is 5.91 Å². The van der Waals surface area contributed by atoms with E-state index in [1.165, 1.54) is 0 Å². The van der Waals surface area contributed by atoms with Crippen LogP contribution in [0.4, 0.5) is 0 Å². The summed E-state index contributed by atoms with van der Waals surface area (Å²) in [5.74, 6) is 0.287. The SMILES string of the molecule is CC(C)(CC1CCCO1)C(=O)N1CCNCC1. The minimum atomic E-state index is -0.285. The third kappa shape index (κ3) is 3.19. The van der Waals surface area contributed by atoms with Gasteiger partial charge in [-0.2, -0.15) is 0 Å². The normalized spacial score (nSPS) is 26.2. The molecule has 17 heavy (non-hydrogen) atoms. The number of nitrogens with one attached hydrogen (secondary N) is 1. The van der Waals surface area contributed by atoms with Gasteiger partial charge in [0.15, 0.2) is 0 Å². The lowest BCUT2D eigenvalue weighted by atomic mass is 9.84. The van der Waals surface area contributed by atoms with Gasteiger partial charge < -0.3 is 15.0 Å². The quantitative estimate of drug-likeness (QED) is 0.800. The summed E-state index contributed by atoms with van der Waals surface area (Å²) in [5, 5.41) is 3.28. The Morgan fingerprint density at radius 1 is 1.41 bits per heavy atom. The van der Waals surface area contributed by atoms with Crippen LogP contribution in [0.15, 0.2) is 0 Å². The molecule has 1 atom stereocenters. The van der Waals surface area contributed by atoms with Gasteiger partial charge in [0, 0.05) is 38.2 Å². The highest BCUT2D eigenvalue weighted by molar-refractivity contribution is 5.82. The zero-order valence-corrected chi connectivity index (χ0v) is 11.0. The predicted octanol–water partition coefficient (Wildman–Crippen LogP) is 1.01. The van der Waals surface area contributed by atoms with Crippen LogP contribution in [0.3, 0.4) is 0 Å². The fourth-order valence-electron chi connectivity index (χ4n) is 2.76. The summed E-state index contributed by atoms with van der Waals surface area (Å²) in [7, 11) is 0. The Morgan fingerprint density at radius 2 is 2.12 bits per heavy atom. The molecule has 4 heteroatoms. The molecule has 0 aromatic carbocycles. The molecular formula is C13H24N2O2. The van der Waals surface area contributed by atoms with Crippen molar-refractivity contribution in [1.29, 1.82) is 0 Å². The molecule has 98 valence electrons. The van der Waals surface area contributed by atoms with Gasteiger partial charge in [-0.1, -0.05) is 13.8 Å². The number of ether oxygens (including phenoxy) is 1. The number of carbonyl (C=O) groups excluding carboxylic acids is 1. The molecule has 1 N–H and O–H groups in total. The number of hydrogen-bond acceptors (Lipinski definition) is 3. The Balaban J connectivity index is 1.90. The number of piperazine rings is 1. The van der Waals surface area contributed by atoms with Crippen LogP contribution in [0, 0.1) is 5.41 Å². The smallest absolute Gasteiger partial charge is 0.228 e. The lowest BCUT2D eigenvalue weighted by molar-refractivity contribution is -0.142. The molecule has 2 aliphatic heterocycles. The van der Waals surface area contributed by atoms with E-state index in [0.29, 0.717) is 0 Å². The molecule has 0 saturated carbocycles. The van der Waals surface area contributed by atoms with E-state index >= 15 is 0 Å². The summed E-state index contributed by atoms with van der Waals surface area (Å²) in [4.78, 5) is 14.4. The first-order valence-electron chi connectivity index (χ1n) is 6.71. The molecule has 2 rings (SSSR count). The second-order valence-corrected chi connectivity index (χ2v) is 5.77. The van der Waals surface area contributed by atoms with E-state index in [9.17, 15) is 4.79 Å². The molecule has 4 nitrogen and oxygen atoms in total. The number of nitrogens with zero attached hydrogens (tertiary/aromatic N) is 1. The van der Waals surface area contributed by atoms with Gasteiger partial charge in [0.25, 0.3) is 0 Å². The fraction of sp³-hybridized carbons (Fsp3) is 0.923. The van der Waals surface area contributed by atoms with E-state index in [4.69, 9.17) is 4.74 Å². The second-order valence-electron chi connectivity index (χ2n) is 5.77. The molecule has 0 aromatic rings. The molecule has 2 aliphatic rings. The highest BCUT2D eigenvalue weighted by Gasteiger charge is 2.35. The van der Waals surface area contributed by atoms with Crippen molar-refractivity contribution in [3.05, 3.63) is 0 Å². The maximum atomic E-state index is 12.5. The van der Waals surface area contributed by atoms with Crippen LogP contribution >= 0.6 is 0 Å². The fourth-order valence-corrected chi connectivity index (χ4v) is 2.76. The Labute approximate surface area is 104 Å². The van der Waals surface area contributed by atoms with Gasteiger partial charge in [0.05, 0.1) is 6.10 Å². The van der Waals surface area contributed by atoms with Gasteiger partial charge >= 0.3 is 0 Å². The molecule has 2 fully saturated rings. The van der Waals surface area contributed by atoms with E-state index < -0.39 is 0 Å². The van der Waals surface area contributed by atoms with E-state index in [2.05, 4.69) is 19.2 Å². The summed E-state index contributed by atoms with van der Waals surface area (Å²) in [5.41, 5.74) is -0.285. The standard InChI is InChI=1S/C13H24N2O2/c1-13(2,10-11-4-3-9-17-11)12(16)15-7-5-14-6-8-15/h11,14H,3-10H2,1-2H3. The molecule has 0 bridgehead atoms. The van der Waals surface area contributed by atoms with Gasteiger partial charge in [-0.05, 0) is 19.3 Å². The van der Waals surface area contributed by atoms with Crippen LogP contribution in [0.1, 0.15) is 33.1 Å². The van der Waals surface area contributed by atoms with E-state index in [1.807, 2.05) is 4.90 Å². The third-order valence-corrected chi connectivity index (χ3v) is 3.75. The third-order valence-electron chi connectivity index (χ3n) is 3.75. The maximum Gasteiger partial charge on any atom is 0.228 e. The molecule has 1 unspecified atom stereocenters. The first-order chi connectivity index (χ1) is 8.09. The first-order valence-corrected chi connectivity index (χ1v) is 6.71. The Morgan fingerprint density at radius 3 is 2.71 bits per heavy atom. The number of amides is 1. The zero-order chi connectivity index (χ0) is 12.3. The minimum absolute atomic E-state index is 0.285. The van der Waals surface area contributed by atoms with Crippen molar-refractivity contribution in [1.82, 2.24) is 10.2 Å². The first kappa shape index (κ1) is 12.8. The van der Waals surface area contributed by atoms with Crippen LogP contribution < -0.4 is 5.32 Å². The predicted molar refractivity (Wildman–Crippen MR) is 66.8 cm³/mol. The van der Waals surface area contributed by atoms with Crippen molar-refractivity contribution in [3.8, 4) is 0 Å². The van der Waals surface area contributed by atoms with Crippen molar-refractivity contribution in [3.63, 3.8) is 0 Å². The van der Waals surface area contributed by atoms with Crippen molar-refractivity contribution >= 4 is 5.91 Å². The van der Waals surface area contributed by atoms with Crippen molar-refractivity contribution in [2.24, 2.45) is 5.41 Å². The Hall–Kier alpha value is -0.610. The number of rotatable bonds is 3. The van der Waals surface area contributed by atoms with E-state index in [1.54, 1.807) is 0 Å². The van der Waals surface area contributed by atoms with Gasteiger partial charge in [-0.3, -0.25) is 4.79 Å². The highest BCUT2D eigenvalue weighted by atomic mass is 16.5. The largest absolute Gasteiger partial charge is 0.378 e. The topological polar surface area (TPSA) is 41.6 Å². The zero-order valence-electron chi connectivity index (χ0n) is 11.0. The highest BCUT2D eigenvalue weighted by Crippen LogP contribution is 2.30. The van der Waals surface area contributed by atoms with Crippen molar-refractivity contribution < 1.29 is 9.53 Å². The summed E-state index contributed by atoms with van der Waals surface area (Å²) in [6.45, 7) is 8.49. The average molecular weight is 240 g/mol. The number of hydrogen-bond donors (Lipinski definition) is 1. The molecule has 0 radical (unpaired) electrons. The van der Waals surface area contributed by atoms with Gasteiger partial charge in [-0.15, -0.1) is 0 Å². The summed E-state index contributed by atoms with van der Waals surface area (Å²) in [6, 6.07) is 0. The Kier molecular flexibility index (Phi) is 4.05. The maximum absolute atomic E-state index is 12.5. The molecule has 0 spiro atoms. The van der Waals surface area contributed by atoms with Crippen LogP contribution in [0.5, 0.6) is 0 Å². The summed E-state index contributed by atoms with van der Waals surface area (Å²) < 4.78 is 5.64. The molecule has 2 saturated heterocycles. The molecular weight excluding hydrogens is 216 g/mol. The van der Waals surface area contributed by atoms with Crippen molar-refractivity contribution in [2.45, 2.75) is 39.2 Å². The van der Waals surface area contributed by atoms with Gasteiger partial charge in [-0.25, -0.2) is 0 Å². The minimum Gasteiger partial charge on any atom is -0.378 e. The molecule has 2 heterocycles. The molecule has 1 amide bonds. The lowest BCUT2D eigenvalue weighted by Gasteiger charge is -2.35. The van der Waals surface area contributed by atoms with Crippen LogP contribution in [-0.4, -0.2) is 49.7 Å². The number of carbonyl (C=O) groups is 1. The monoisotopic (exact) mass is 240 g/mol. The average Bonchev–Trinajstić information content (AvgIpc) is 2.81. The van der Waals surface area contributed by atoms with Crippen LogP contribution in [-0.2, 0) is 9.53 Å². The van der Waals surface area contributed by atoms with Crippen LogP contribution in [0.25, 0.3) is 0 Å². The van der Waals surface area contributed by atoms with E-state index in [-0.39, 0.29) is 17.4 Å². The molecule has 0 aliphatic carbocycles.